The second kappa shape index (κ2) is 6.62. The monoisotopic (exact) mass is 280 g/mol. The third-order valence-corrected chi connectivity index (χ3v) is 5.01. The van der Waals surface area contributed by atoms with Gasteiger partial charge in [0, 0.05) is 0 Å². The molecule has 0 spiro atoms. The molecule has 0 aliphatic rings. The van der Waals surface area contributed by atoms with Gasteiger partial charge in [0.2, 0.25) is 0 Å². The van der Waals surface area contributed by atoms with E-state index < -0.39 is 15.3 Å². The van der Waals surface area contributed by atoms with E-state index in [4.69, 9.17) is 4.10 Å². The molecule has 0 heterocycles. The van der Waals surface area contributed by atoms with E-state index in [-0.39, 0.29) is 0 Å². The van der Waals surface area contributed by atoms with Crippen molar-refractivity contribution in [3.63, 3.8) is 0 Å². The Morgan fingerprint density at radius 2 is 2.08 bits per heavy atom. The van der Waals surface area contributed by atoms with E-state index in [1.807, 2.05) is 30.3 Å². The summed E-state index contributed by atoms with van der Waals surface area (Å²) in [7, 11) is 1.41. The van der Waals surface area contributed by atoms with Crippen LogP contribution in [0.4, 0.5) is 0 Å². The molecule has 13 heavy (non-hydrogen) atoms. The van der Waals surface area contributed by atoms with Crippen LogP contribution in [0.1, 0.15) is 5.56 Å². The summed E-state index contributed by atoms with van der Waals surface area (Å²) in [6.07, 6.45) is 0. The first-order chi connectivity index (χ1) is 6.29. The third kappa shape index (κ3) is 5.49. The molecule has 0 amide bonds. The Morgan fingerprint density at radius 1 is 1.38 bits per heavy atom. The standard InChI is InChI=1S/C7H9AsO3S2/c9-8(10)11-13-12-6-7-4-2-1-3-5-7/h1-5,8H,6H2,(H,9,10). The molecule has 3 nitrogen and oxygen atoms in total. The SMILES string of the molecule is O=[AsH](O)OSSCc1ccccc1. The Labute approximate surface area is 89.7 Å². The van der Waals surface area contributed by atoms with E-state index in [0.717, 1.165) is 16.8 Å². The van der Waals surface area contributed by atoms with Crippen molar-refractivity contribution in [1.29, 1.82) is 0 Å². The van der Waals surface area contributed by atoms with Gasteiger partial charge in [-0.25, -0.2) is 0 Å². The predicted molar refractivity (Wildman–Crippen MR) is 56.5 cm³/mol. The molecule has 72 valence electrons. The second-order valence-corrected chi connectivity index (χ2v) is 6.27. The minimum atomic E-state index is -3.33. The van der Waals surface area contributed by atoms with Gasteiger partial charge >= 0.3 is 89.8 Å². The molecule has 1 rings (SSSR count). The molecule has 1 unspecified atom stereocenters. The van der Waals surface area contributed by atoms with Crippen LogP contribution >= 0.6 is 21.9 Å². The summed E-state index contributed by atoms with van der Waals surface area (Å²) < 4.78 is 23.1. The molecule has 0 saturated carbocycles. The van der Waals surface area contributed by atoms with Crippen LogP contribution in [0.5, 0.6) is 0 Å². The maximum absolute atomic E-state index is 10.2. The van der Waals surface area contributed by atoms with Crippen molar-refractivity contribution >= 4 is 37.1 Å². The number of benzene rings is 1. The normalized spacial score (nSPS) is 12.7. The van der Waals surface area contributed by atoms with Gasteiger partial charge in [0.15, 0.2) is 0 Å². The van der Waals surface area contributed by atoms with Crippen LogP contribution in [0.2, 0.25) is 0 Å². The van der Waals surface area contributed by atoms with Gasteiger partial charge in [-0.2, -0.15) is 0 Å². The minimum absolute atomic E-state index is 0.775. The molecule has 1 N–H and O–H groups in total. The Kier molecular flexibility index (Phi) is 5.74. The van der Waals surface area contributed by atoms with Gasteiger partial charge in [-0.15, -0.1) is 0 Å². The second-order valence-electron chi connectivity index (χ2n) is 2.17. The Balaban J connectivity index is 2.17. The number of hydrogen-bond donors (Lipinski definition) is 1. The topological polar surface area (TPSA) is 46.5 Å². The van der Waals surface area contributed by atoms with Crippen molar-refractivity contribution in [2.24, 2.45) is 0 Å². The summed E-state index contributed by atoms with van der Waals surface area (Å²) >= 11 is -2.35. The third-order valence-electron chi connectivity index (χ3n) is 1.22. The van der Waals surface area contributed by atoms with Crippen molar-refractivity contribution in [2.45, 2.75) is 5.75 Å². The summed E-state index contributed by atoms with van der Waals surface area (Å²) in [5.74, 6) is 0.775. The molecule has 0 aliphatic carbocycles. The fourth-order valence-electron chi connectivity index (χ4n) is 0.719. The van der Waals surface area contributed by atoms with Crippen LogP contribution in [0.15, 0.2) is 30.3 Å². The summed E-state index contributed by atoms with van der Waals surface area (Å²) in [4.78, 5) is 0. The molecule has 0 aromatic heterocycles. The number of hydrogen-bond acceptors (Lipinski definition) is 4. The van der Waals surface area contributed by atoms with Gasteiger partial charge in [0.1, 0.15) is 0 Å². The van der Waals surface area contributed by atoms with Crippen molar-refractivity contribution < 1.29 is 11.0 Å². The van der Waals surface area contributed by atoms with Crippen molar-refractivity contribution in [1.82, 2.24) is 0 Å². The van der Waals surface area contributed by atoms with E-state index in [2.05, 4.69) is 3.17 Å². The van der Waals surface area contributed by atoms with E-state index >= 15 is 0 Å². The zero-order valence-electron chi connectivity index (χ0n) is 6.67. The van der Waals surface area contributed by atoms with Gasteiger partial charge in [0.05, 0.1) is 0 Å². The first kappa shape index (κ1) is 11.3. The maximum atomic E-state index is 10.2. The first-order valence-electron chi connectivity index (χ1n) is 3.52. The molecule has 0 radical (unpaired) electrons. The fourth-order valence-corrected chi connectivity index (χ4v) is 4.08. The zero-order valence-corrected chi connectivity index (χ0v) is 10.4. The molecular weight excluding hydrogens is 271 g/mol. The zero-order chi connectivity index (χ0) is 9.52. The van der Waals surface area contributed by atoms with Gasteiger partial charge < -0.3 is 0 Å². The van der Waals surface area contributed by atoms with Crippen molar-refractivity contribution in [3.8, 4) is 0 Å². The summed E-state index contributed by atoms with van der Waals surface area (Å²) in [5, 5.41) is 0. The van der Waals surface area contributed by atoms with Crippen LogP contribution in [-0.2, 0) is 12.7 Å². The molecule has 6 heteroatoms. The summed E-state index contributed by atoms with van der Waals surface area (Å²) in [6.45, 7) is 0. The molecule has 0 bridgehead atoms. The van der Waals surface area contributed by atoms with Crippen molar-refractivity contribution in [3.05, 3.63) is 35.9 Å². The summed E-state index contributed by atoms with van der Waals surface area (Å²) in [6, 6.07) is 9.87. The summed E-state index contributed by atoms with van der Waals surface area (Å²) in [5.41, 5.74) is 1.17. The molecule has 1 atom stereocenters. The van der Waals surface area contributed by atoms with E-state index in [1.165, 1.54) is 16.4 Å². The van der Waals surface area contributed by atoms with E-state index in [1.54, 1.807) is 0 Å². The molecular formula is C7H9AsO3S2. The van der Waals surface area contributed by atoms with Crippen LogP contribution < -0.4 is 0 Å². The Morgan fingerprint density at radius 3 is 2.69 bits per heavy atom. The van der Waals surface area contributed by atoms with Gasteiger partial charge in [-0.3, -0.25) is 0 Å². The Hall–Kier alpha value is 0.198. The molecule has 1 aromatic rings. The van der Waals surface area contributed by atoms with E-state index in [9.17, 15) is 3.74 Å². The van der Waals surface area contributed by atoms with Crippen molar-refractivity contribution in [2.75, 3.05) is 0 Å². The van der Waals surface area contributed by atoms with Gasteiger partial charge in [0.25, 0.3) is 0 Å². The molecule has 0 fully saturated rings. The molecule has 0 saturated heterocycles. The fraction of sp³-hybridized carbons (Fsp3) is 0.143. The van der Waals surface area contributed by atoms with Crippen LogP contribution in [0.3, 0.4) is 0 Å². The first-order valence-corrected chi connectivity index (χ1v) is 8.41. The average Bonchev–Trinajstić information content (AvgIpc) is 2.14. The van der Waals surface area contributed by atoms with Gasteiger partial charge in [-0.05, 0) is 0 Å². The number of rotatable bonds is 5. The molecule has 0 aliphatic heterocycles. The Bertz CT molecular complexity index is 268. The van der Waals surface area contributed by atoms with Crippen LogP contribution in [-0.4, -0.2) is 19.4 Å². The molecule has 1 aromatic carbocycles. The average molecular weight is 280 g/mol. The van der Waals surface area contributed by atoms with Crippen LogP contribution in [0, 0.1) is 0 Å². The van der Waals surface area contributed by atoms with Crippen LogP contribution in [0.25, 0.3) is 0 Å². The van der Waals surface area contributed by atoms with Gasteiger partial charge in [-0.1, -0.05) is 0 Å². The predicted octanol–water partition coefficient (Wildman–Crippen LogP) is 1.64. The van der Waals surface area contributed by atoms with E-state index in [0.29, 0.717) is 0 Å². The quantitative estimate of drug-likeness (QED) is 0.384.